The molecule has 3 rings (SSSR count). The Balaban J connectivity index is 2.14. The lowest BCUT2D eigenvalue weighted by atomic mass is 9.94. The van der Waals surface area contributed by atoms with Crippen LogP contribution in [-0.4, -0.2) is 23.3 Å². The Morgan fingerprint density at radius 2 is 2.25 bits per heavy atom. The van der Waals surface area contributed by atoms with Gasteiger partial charge in [-0.25, -0.2) is 0 Å². The summed E-state index contributed by atoms with van der Waals surface area (Å²) in [6, 6.07) is 6.00. The molecule has 1 N–H and O–H groups in total. The Kier molecular flexibility index (Phi) is 3.08. The van der Waals surface area contributed by atoms with Crippen LogP contribution in [0.1, 0.15) is 47.3 Å². The van der Waals surface area contributed by atoms with Crippen LogP contribution >= 0.6 is 0 Å². The zero-order chi connectivity index (χ0) is 14.3. The molecule has 0 radical (unpaired) electrons. The second-order valence-electron chi connectivity index (χ2n) is 5.36. The number of ketones is 1. The summed E-state index contributed by atoms with van der Waals surface area (Å²) >= 11 is 0. The van der Waals surface area contributed by atoms with E-state index in [9.17, 15) is 9.59 Å². The second kappa shape index (κ2) is 4.78. The SMILES string of the molecule is CC(=O)OCC1CCC(=O)c2c(C)[nH]c3cccc1c23. The van der Waals surface area contributed by atoms with Gasteiger partial charge in [-0.2, -0.15) is 0 Å². The quantitative estimate of drug-likeness (QED) is 0.854. The van der Waals surface area contributed by atoms with E-state index in [1.54, 1.807) is 0 Å². The standard InChI is InChI=1S/C16H17NO3/c1-9-15-14(19)7-6-11(8-20-10(2)18)12-4-3-5-13(17-9)16(12)15/h3-5,11,17H,6-8H2,1-2H3. The smallest absolute Gasteiger partial charge is 0.302 e. The van der Waals surface area contributed by atoms with E-state index in [1.165, 1.54) is 6.92 Å². The van der Waals surface area contributed by atoms with Crippen LogP contribution in [0.5, 0.6) is 0 Å². The van der Waals surface area contributed by atoms with Crippen molar-refractivity contribution >= 4 is 22.7 Å². The van der Waals surface area contributed by atoms with Crippen LogP contribution in [0, 0.1) is 6.92 Å². The fourth-order valence-electron chi connectivity index (χ4n) is 3.07. The summed E-state index contributed by atoms with van der Waals surface area (Å²) in [5.41, 5.74) is 3.82. The molecule has 0 saturated carbocycles. The van der Waals surface area contributed by atoms with E-state index in [-0.39, 0.29) is 17.7 Å². The Morgan fingerprint density at radius 1 is 1.45 bits per heavy atom. The van der Waals surface area contributed by atoms with Gasteiger partial charge >= 0.3 is 5.97 Å². The molecule has 1 aliphatic carbocycles. The minimum atomic E-state index is -0.279. The third kappa shape index (κ3) is 2.01. The molecular weight excluding hydrogens is 254 g/mol. The van der Waals surface area contributed by atoms with E-state index in [0.717, 1.165) is 34.1 Å². The monoisotopic (exact) mass is 271 g/mol. The van der Waals surface area contributed by atoms with Gasteiger partial charge in [0.2, 0.25) is 0 Å². The van der Waals surface area contributed by atoms with Crippen molar-refractivity contribution in [2.45, 2.75) is 32.6 Å². The third-order valence-corrected chi connectivity index (χ3v) is 3.97. The number of aromatic amines is 1. The average molecular weight is 271 g/mol. The number of esters is 1. The molecule has 1 aromatic heterocycles. The number of nitrogens with one attached hydrogen (secondary N) is 1. The van der Waals surface area contributed by atoms with Gasteiger partial charge in [0.05, 0.1) is 6.61 Å². The minimum absolute atomic E-state index is 0.0861. The summed E-state index contributed by atoms with van der Waals surface area (Å²) in [6.07, 6.45) is 1.22. The molecule has 20 heavy (non-hydrogen) atoms. The molecule has 1 atom stereocenters. The number of hydrogen-bond acceptors (Lipinski definition) is 3. The van der Waals surface area contributed by atoms with E-state index in [0.29, 0.717) is 13.0 Å². The maximum Gasteiger partial charge on any atom is 0.302 e. The van der Waals surface area contributed by atoms with Crippen LogP contribution in [0.25, 0.3) is 10.9 Å². The molecule has 1 heterocycles. The summed E-state index contributed by atoms with van der Waals surface area (Å²) in [5.74, 6) is -0.0206. The summed E-state index contributed by atoms with van der Waals surface area (Å²) in [7, 11) is 0. The van der Waals surface area contributed by atoms with Crippen molar-refractivity contribution in [2.24, 2.45) is 0 Å². The lowest BCUT2D eigenvalue weighted by Crippen LogP contribution is -2.11. The van der Waals surface area contributed by atoms with E-state index in [2.05, 4.69) is 4.98 Å². The molecule has 0 saturated heterocycles. The van der Waals surface area contributed by atoms with Gasteiger partial charge in [-0.1, -0.05) is 12.1 Å². The van der Waals surface area contributed by atoms with Crippen LogP contribution in [0.3, 0.4) is 0 Å². The predicted molar refractivity (Wildman–Crippen MR) is 76.0 cm³/mol. The predicted octanol–water partition coefficient (Wildman–Crippen LogP) is 3.10. The topological polar surface area (TPSA) is 59.2 Å². The fraction of sp³-hybridized carbons (Fsp3) is 0.375. The van der Waals surface area contributed by atoms with Gasteiger partial charge in [0.15, 0.2) is 5.78 Å². The molecule has 4 heteroatoms. The molecule has 1 aliphatic rings. The molecule has 1 aromatic carbocycles. The van der Waals surface area contributed by atoms with Gasteiger partial charge in [0.25, 0.3) is 0 Å². The number of ether oxygens (including phenoxy) is 1. The van der Waals surface area contributed by atoms with E-state index < -0.39 is 0 Å². The van der Waals surface area contributed by atoms with Gasteiger partial charge in [-0.3, -0.25) is 9.59 Å². The molecule has 104 valence electrons. The van der Waals surface area contributed by atoms with E-state index in [1.807, 2.05) is 25.1 Å². The molecule has 1 unspecified atom stereocenters. The number of H-pyrrole nitrogens is 1. The van der Waals surface area contributed by atoms with Gasteiger partial charge < -0.3 is 9.72 Å². The fourth-order valence-corrected chi connectivity index (χ4v) is 3.07. The molecular formula is C16H17NO3. The molecule has 0 bridgehead atoms. The number of carbonyl (C=O) groups excluding carboxylic acids is 2. The van der Waals surface area contributed by atoms with Crippen molar-refractivity contribution in [1.29, 1.82) is 0 Å². The van der Waals surface area contributed by atoms with Gasteiger partial charge in [-0.15, -0.1) is 0 Å². The average Bonchev–Trinajstić information content (AvgIpc) is 2.66. The van der Waals surface area contributed by atoms with Crippen molar-refractivity contribution in [2.75, 3.05) is 6.61 Å². The number of Topliss-reactive ketones (excluding diaryl/α,β-unsaturated/α-hetero) is 1. The number of rotatable bonds is 2. The van der Waals surface area contributed by atoms with Gasteiger partial charge in [0, 0.05) is 41.4 Å². The lowest BCUT2D eigenvalue weighted by Gasteiger charge is -2.15. The van der Waals surface area contributed by atoms with Crippen molar-refractivity contribution in [3.63, 3.8) is 0 Å². The lowest BCUT2D eigenvalue weighted by molar-refractivity contribution is -0.141. The minimum Gasteiger partial charge on any atom is -0.465 e. The number of carbonyl (C=O) groups is 2. The molecule has 0 spiro atoms. The van der Waals surface area contributed by atoms with Crippen LogP contribution in [-0.2, 0) is 9.53 Å². The normalized spacial score (nSPS) is 18.1. The highest BCUT2D eigenvalue weighted by atomic mass is 16.5. The van der Waals surface area contributed by atoms with Gasteiger partial charge in [-0.05, 0) is 25.0 Å². The van der Waals surface area contributed by atoms with E-state index >= 15 is 0 Å². The Hall–Kier alpha value is -2.10. The molecule has 0 amide bonds. The zero-order valence-corrected chi connectivity index (χ0v) is 11.7. The summed E-state index contributed by atoms with van der Waals surface area (Å²) < 4.78 is 5.16. The maximum absolute atomic E-state index is 12.3. The molecule has 0 aliphatic heterocycles. The van der Waals surface area contributed by atoms with Crippen LogP contribution in [0.2, 0.25) is 0 Å². The summed E-state index contributed by atoms with van der Waals surface area (Å²) in [5, 5.41) is 1.00. The highest BCUT2D eigenvalue weighted by Gasteiger charge is 2.27. The first kappa shape index (κ1) is 12.9. The van der Waals surface area contributed by atoms with Crippen LogP contribution < -0.4 is 0 Å². The first-order valence-corrected chi connectivity index (χ1v) is 6.85. The number of aryl methyl sites for hydroxylation is 1. The second-order valence-corrected chi connectivity index (χ2v) is 5.36. The highest BCUT2D eigenvalue weighted by Crippen LogP contribution is 2.37. The third-order valence-electron chi connectivity index (χ3n) is 3.97. The number of aromatic nitrogens is 1. The Labute approximate surface area is 117 Å². The van der Waals surface area contributed by atoms with Crippen molar-refractivity contribution in [1.82, 2.24) is 4.98 Å². The summed E-state index contributed by atoms with van der Waals surface area (Å²) in [4.78, 5) is 26.6. The Morgan fingerprint density at radius 3 is 3.00 bits per heavy atom. The number of hydrogen-bond donors (Lipinski definition) is 1. The Bertz CT molecular complexity index is 699. The van der Waals surface area contributed by atoms with Crippen LogP contribution in [0.4, 0.5) is 0 Å². The highest BCUT2D eigenvalue weighted by molar-refractivity contribution is 6.11. The number of benzene rings is 1. The van der Waals surface area contributed by atoms with Crippen LogP contribution in [0.15, 0.2) is 18.2 Å². The van der Waals surface area contributed by atoms with Gasteiger partial charge in [0.1, 0.15) is 0 Å². The molecule has 4 nitrogen and oxygen atoms in total. The zero-order valence-electron chi connectivity index (χ0n) is 11.7. The van der Waals surface area contributed by atoms with Crippen molar-refractivity contribution in [3.8, 4) is 0 Å². The maximum atomic E-state index is 12.3. The molecule has 2 aromatic rings. The summed E-state index contributed by atoms with van der Waals surface area (Å²) in [6.45, 7) is 3.68. The first-order chi connectivity index (χ1) is 9.58. The molecule has 0 fully saturated rings. The van der Waals surface area contributed by atoms with Crippen molar-refractivity contribution < 1.29 is 14.3 Å². The van der Waals surface area contributed by atoms with E-state index in [4.69, 9.17) is 4.74 Å². The van der Waals surface area contributed by atoms with Crippen molar-refractivity contribution in [3.05, 3.63) is 35.0 Å². The first-order valence-electron chi connectivity index (χ1n) is 6.85. The largest absolute Gasteiger partial charge is 0.465 e.